The molecule has 0 saturated carbocycles. The molecule has 1 aromatic heterocycles. The maximum Gasteiger partial charge on any atom is 0.254 e. The van der Waals surface area contributed by atoms with E-state index in [1.807, 2.05) is 59.5 Å². The van der Waals surface area contributed by atoms with Gasteiger partial charge in [-0.1, -0.05) is 30.3 Å². The molecule has 110 valence electrons. The van der Waals surface area contributed by atoms with Gasteiger partial charge in [0, 0.05) is 12.1 Å². The van der Waals surface area contributed by atoms with Crippen molar-refractivity contribution >= 4 is 16.9 Å². The first-order chi connectivity index (χ1) is 10.8. The highest BCUT2D eigenvalue weighted by atomic mass is 16.2. The van der Waals surface area contributed by atoms with Crippen LogP contribution in [0.4, 0.5) is 0 Å². The highest BCUT2D eigenvalue weighted by molar-refractivity contribution is 5.94. The molecule has 1 N–H and O–H groups in total. The third kappa shape index (κ3) is 2.17. The second kappa shape index (κ2) is 5.30. The average molecular weight is 291 g/mol. The lowest BCUT2D eigenvalue weighted by molar-refractivity contribution is 0.0730. The summed E-state index contributed by atoms with van der Waals surface area (Å²) in [4.78, 5) is 22.7. The van der Waals surface area contributed by atoms with Crippen molar-refractivity contribution in [3.63, 3.8) is 0 Å². The van der Waals surface area contributed by atoms with Crippen LogP contribution in [0.1, 0.15) is 35.1 Å². The molecule has 3 aromatic rings. The number of H-pyrrole nitrogens is 1. The minimum atomic E-state index is 0.0418. The summed E-state index contributed by atoms with van der Waals surface area (Å²) in [6.45, 7) is 0.787. The van der Waals surface area contributed by atoms with Crippen molar-refractivity contribution in [2.75, 3.05) is 6.54 Å². The number of hydrogen-bond donors (Lipinski definition) is 1. The van der Waals surface area contributed by atoms with Crippen LogP contribution in [0.3, 0.4) is 0 Å². The first-order valence-corrected chi connectivity index (χ1v) is 7.63. The van der Waals surface area contributed by atoms with Crippen LogP contribution >= 0.6 is 0 Å². The smallest absolute Gasteiger partial charge is 0.254 e. The first-order valence-electron chi connectivity index (χ1n) is 7.63. The lowest BCUT2D eigenvalue weighted by Gasteiger charge is -2.23. The Morgan fingerprint density at radius 2 is 1.86 bits per heavy atom. The largest absolute Gasteiger partial charge is 0.340 e. The van der Waals surface area contributed by atoms with Crippen LogP contribution in [-0.2, 0) is 0 Å². The number of imidazole rings is 1. The molecule has 1 aliphatic rings. The number of likely N-dealkylation sites (tertiary alicyclic amines) is 1. The van der Waals surface area contributed by atoms with E-state index in [0.717, 1.165) is 41.8 Å². The predicted molar refractivity (Wildman–Crippen MR) is 85.5 cm³/mol. The number of aromatic nitrogens is 2. The molecule has 4 heteroatoms. The molecule has 1 atom stereocenters. The van der Waals surface area contributed by atoms with Crippen LogP contribution in [0, 0.1) is 0 Å². The number of nitrogens with one attached hydrogen (secondary N) is 1. The molecule has 1 saturated heterocycles. The minimum absolute atomic E-state index is 0.0418. The molecule has 22 heavy (non-hydrogen) atoms. The van der Waals surface area contributed by atoms with Crippen molar-refractivity contribution in [1.82, 2.24) is 14.9 Å². The van der Waals surface area contributed by atoms with E-state index in [9.17, 15) is 4.79 Å². The summed E-state index contributed by atoms with van der Waals surface area (Å²) in [6, 6.07) is 17.5. The lowest BCUT2D eigenvalue weighted by atomic mass is 10.1. The standard InChI is InChI=1S/C18H17N3O/c22-18(13-7-2-1-3-8-13)21-12-6-11-16(21)17-19-14-9-4-5-10-15(14)20-17/h1-5,7-10,16H,6,11-12H2,(H,19,20)/t16-/m0/s1. The summed E-state index contributed by atoms with van der Waals surface area (Å²) in [7, 11) is 0. The number of aromatic amines is 1. The fourth-order valence-electron chi connectivity index (χ4n) is 3.17. The highest BCUT2D eigenvalue weighted by Gasteiger charge is 2.32. The molecule has 4 rings (SSSR count). The van der Waals surface area contributed by atoms with E-state index in [1.165, 1.54) is 0 Å². The summed E-state index contributed by atoms with van der Waals surface area (Å²) in [5, 5.41) is 0. The van der Waals surface area contributed by atoms with Gasteiger partial charge in [0.05, 0.1) is 17.1 Å². The van der Waals surface area contributed by atoms with Crippen LogP contribution in [0.15, 0.2) is 54.6 Å². The van der Waals surface area contributed by atoms with E-state index in [4.69, 9.17) is 0 Å². The maximum atomic E-state index is 12.7. The van der Waals surface area contributed by atoms with Crippen LogP contribution in [0.25, 0.3) is 11.0 Å². The van der Waals surface area contributed by atoms with Gasteiger partial charge in [0.2, 0.25) is 0 Å². The molecule has 0 aliphatic carbocycles. The Morgan fingerprint density at radius 3 is 2.68 bits per heavy atom. The molecular weight excluding hydrogens is 274 g/mol. The van der Waals surface area contributed by atoms with E-state index >= 15 is 0 Å². The number of nitrogens with zero attached hydrogens (tertiary/aromatic N) is 2. The van der Waals surface area contributed by atoms with E-state index < -0.39 is 0 Å². The van der Waals surface area contributed by atoms with E-state index in [2.05, 4.69) is 9.97 Å². The maximum absolute atomic E-state index is 12.7. The Labute approximate surface area is 128 Å². The van der Waals surface area contributed by atoms with Crippen molar-refractivity contribution in [3.05, 3.63) is 66.0 Å². The Morgan fingerprint density at radius 1 is 1.09 bits per heavy atom. The number of benzene rings is 2. The third-order valence-electron chi connectivity index (χ3n) is 4.26. The summed E-state index contributed by atoms with van der Waals surface area (Å²) < 4.78 is 0. The molecule has 1 fully saturated rings. The summed E-state index contributed by atoms with van der Waals surface area (Å²) in [5.41, 5.74) is 2.72. The molecule has 4 nitrogen and oxygen atoms in total. The lowest BCUT2D eigenvalue weighted by Crippen LogP contribution is -2.31. The molecule has 1 aliphatic heterocycles. The molecule has 0 unspecified atom stereocenters. The van der Waals surface area contributed by atoms with Crippen LogP contribution in [-0.4, -0.2) is 27.3 Å². The SMILES string of the molecule is O=C(c1ccccc1)N1CCC[C@H]1c1nc2ccccc2[nH]1. The van der Waals surface area contributed by atoms with Crippen molar-refractivity contribution in [1.29, 1.82) is 0 Å². The number of para-hydroxylation sites is 2. The van der Waals surface area contributed by atoms with Gasteiger partial charge in [-0.15, -0.1) is 0 Å². The van der Waals surface area contributed by atoms with Gasteiger partial charge in [-0.3, -0.25) is 4.79 Å². The quantitative estimate of drug-likeness (QED) is 0.785. The van der Waals surface area contributed by atoms with Gasteiger partial charge in [0.25, 0.3) is 5.91 Å². The highest BCUT2D eigenvalue weighted by Crippen LogP contribution is 2.32. The number of rotatable bonds is 2. The topological polar surface area (TPSA) is 49.0 Å². The fraction of sp³-hybridized carbons (Fsp3) is 0.222. The molecular formula is C18H17N3O. The number of fused-ring (bicyclic) bond motifs is 1. The number of amides is 1. The van der Waals surface area contributed by atoms with Crippen LogP contribution in [0.5, 0.6) is 0 Å². The van der Waals surface area contributed by atoms with Gasteiger partial charge in [0.15, 0.2) is 0 Å². The van der Waals surface area contributed by atoms with Gasteiger partial charge in [0.1, 0.15) is 5.82 Å². The molecule has 2 heterocycles. The minimum Gasteiger partial charge on any atom is -0.340 e. The van der Waals surface area contributed by atoms with Gasteiger partial charge in [-0.05, 0) is 37.1 Å². The molecule has 0 radical (unpaired) electrons. The number of hydrogen-bond acceptors (Lipinski definition) is 2. The number of carbonyl (C=O) groups is 1. The Kier molecular flexibility index (Phi) is 3.15. The summed E-state index contributed by atoms with van der Waals surface area (Å²) in [6.07, 6.45) is 1.97. The van der Waals surface area contributed by atoms with Crippen molar-refractivity contribution in [2.24, 2.45) is 0 Å². The van der Waals surface area contributed by atoms with Crippen LogP contribution < -0.4 is 0 Å². The Balaban J connectivity index is 1.67. The van der Waals surface area contributed by atoms with Gasteiger partial charge >= 0.3 is 0 Å². The average Bonchev–Trinajstić information content (AvgIpc) is 3.21. The van der Waals surface area contributed by atoms with Crippen molar-refractivity contribution < 1.29 is 4.79 Å². The Bertz CT molecular complexity index is 776. The van der Waals surface area contributed by atoms with E-state index in [-0.39, 0.29) is 11.9 Å². The first kappa shape index (κ1) is 13.1. The molecule has 0 spiro atoms. The predicted octanol–water partition coefficient (Wildman–Crippen LogP) is 3.54. The molecule has 0 bridgehead atoms. The zero-order valence-corrected chi connectivity index (χ0v) is 12.2. The molecule has 1 amide bonds. The Hall–Kier alpha value is -2.62. The number of carbonyl (C=O) groups excluding carboxylic acids is 1. The van der Waals surface area contributed by atoms with E-state index in [0.29, 0.717) is 0 Å². The zero-order chi connectivity index (χ0) is 14.9. The van der Waals surface area contributed by atoms with Crippen LogP contribution in [0.2, 0.25) is 0 Å². The van der Waals surface area contributed by atoms with Gasteiger partial charge in [-0.25, -0.2) is 4.98 Å². The third-order valence-corrected chi connectivity index (χ3v) is 4.26. The van der Waals surface area contributed by atoms with E-state index in [1.54, 1.807) is 0 Å². The zero-order valence-electron chi connectivity index (χ0n) is 12.2. The normalized spacial score (nSPS) is 18.0. The summed E-state index contributed by atoms with van der Waals surface area (Å²) >= 11 is 0. The second-order valence-corrected chi connectivity index (χ2v) is 5.66. The van der Waals surface area contributed by atoms with Crippen molar-refractivity contribution in [3.8, 4) is 0 Å². The van der Waals surface area contributed by atoms with Crippen molar-refractivity contribution in [2.45, 2.75) is 18.9 Å². The second-order valence-electron chi connectivity index (χ2n) is 5.66. The van der Waals surface area contributed by atoms with Gasteiger partial charge in [-0.2, -0.15) is 0 Å². The summed E-state index contributed by atoms with van der Waals surface area (Å²) in [5.74, 6) is 0.978. The van der Waals surface area contributed by atoms with Gasteiger partial charge < -0.3 is 9.88 Å². The monoisotopic (exact) mass is 291 g/mol. The molecule has 2 aromatic carbocycles. The fourth-order valence-corrected chi connectivity index (χ4v) is 3.17.